The Kier molecular flexibility index (Phi) is 6.35. The molecule has 1 amide bonds. The minimum atomic E-state index is -3.73. The quantitative estimate of drug-likeness (QED) is 0.851. The van der Waals surface area contributed by atoms with Crippen LogP contribution in [0.25, 0.3) is 0 Å². The van der Waals surface area contributed by atoms with Crippen molar-refractivity contribution in [2.45, 2.75) is 50.0 Å². The number of carbonyl (C=O) groups excluding carboxylic acids is 1. The van der Waals surface area contributed by atoms with Gasteiger partial charge in [0.1, 0.15) is 6.07 Å². The van der Waals surface area contributed by atoms with Crippen molar-refractivity contribution in [3.63, 3.8) is 0 Å². The second-order valence-corrected chi connectivity index (χ2v) is 7.67. The van der Waals surface area contributed by atoms with Crippen LogP contribution in [0.1, 0.15) is 44.6 Å². The van der Waals surface area contributed by atoms with Crippen LogP contribution in [-0.4, -0.2) is 38.4 Å². The van der Waals surface area contributed by atoms with E-state index in [1.165, 1.54) is 12.1 Å². The number of hydrogen-bond donors (Lipinski definition) is 1. The molecule has 6 nitrogen and oxygen atoms in total. The van der Waals surface area contributed by atoms with Crippen LogP contribution in [0.2, 0.25) is 0 Å². The lowest BCUT2D eigenvalue weighted by Gasteiger charge is -2.32. The zero-order chi connectivity index (χ0) is 17.6. The number of benzene rings is 1. The largest absolute Gasteiger partial charge is 0.343 e. The van der Waals surface area contributed by atoms with Gasteiger partial charge >= 0.3 is 0 Å². The smallest absolute Gasteiger partial charge is 0.242 e. The van der Waals surface area contributed by atoms with E-state index >= 15 is 0 Å². The molecule has 1 aromatic rings. The van der Waals surface area contributed by atoms with E-state index < -0.39 is 10.0 Å². The molecule has 1 aliphatic heterocycles. The summed E-state index contributed by atoms with van der Waals surface area (Å²) in [6.07, 6.45) is 3.61. The third-order valence-electron chi connectivity index (χ3n) is 4.21. The van der Waals surface area contributed by atoms with Crippen molar-refractivity contribution in [2.24, 2.45) is 0 Å². The minimum absolute atomic E-state index is 0.00829. The topological polar surface area (TPSA) is 90.3 Å². The van der Waals surface area contributed by atoms with E-state index in [9.17, 15) is 13.2 Å². The molecule has 2 rings (SSSR count). The summed E-state index contributed by atoms with van der Waals surface area (Å²) < 4.78 is 27.7. The lowest BCUT2D eigenvalue weighted by atomic mass is 10.1. The number of nitrogens with one attached hydrogen (secondary N) is 1. The first-order valence-corrected chi connectivity index (χ1v) is 9.75. The highest BCUT2D eigenvalue weighted by Gasteiger charge is 2.27. The van der Waals surface area contributed by atoms with E-state index in [1.54, 1.807) is 12.1 Å². The van der Waals surface area contributed by atoms with Crippen molar-refractivity contribution in [3.05, 3.63) is 29.8 Å². The summed E-state index contributed by atoms with van der Waals surface area (Å²) in [7, 11) is -3.73. The van der Waals surface area contributed by atoms with Gasteiger partial charge in [0, 0.05) is 25.6 Å². The summed E-state index contributed by atoms with van der Waals surface area (Å²) in [6, 6.07) is 7.86. The van der Waals surface area contributed by atoms with Gasteiger partial charge in [-0.15, -0.1) is 0 Å². The molecule has 0 atom stereocenters. The van der Waals surface area contributed by atoms with Crippen LogP contribution >= 0.6 is 0 Å². The number of rotatable bonds is 6. The minimum Gasteiger partial charge on any atom is -0.343 e. The lowest BCUT2D eigenvalue weighted by molar-refractivity contribution is -0.132. The molecule has 0 bridgehead atoms. The fourth-order valence-electron chi connectivity index (χ4n) is 2.81. The zero-order valence-electron chi connectivity index (χ0n) is 13.9. The van der Waals surface area contributed by atoms with Crippen molar-refractivity contribution in [3.8, 4) is 6.07 Å². The first-order chi connectivity index (χ1) is 11.5. The SMILES string of the molecule is CCCCC(=O)N1CCC(NS(=O)(=O)c2ccccc2C#N)CC1. The second kappa shape index (κ2) is 8.27. The fourth-order valence-corrected chi connectivity index (χ4v) is 4.27. The number of nitriles is 1. The molecule has 1 fully saturated rings. The molecular weight excluding hydrogens is 326 g/mol. The summed E-state index contributed by atoms with van der Waals surface area (Å²) >= 11 is 0. The average Bonchev–Trinajstić information content (AvgIpc) is 2.60. The molecular formula is C17H23N3O3S. The van der Waals surface area contributed by atoms with Crippen LogP contribution in [0.4, 0.5) is 0 Å². The van der Waals surface area contributed by atoms with E-state index in [0.29, 0.717) is 32.4 Å². The number of unbranched alkanes of at least 4 members (excludes halogenated alkanes) is 1. The molecule has 0 aromatic heterocycles. The maximum absolute atomic E-state index is 12.5. The van der Waals surface area contributed by atoms with Gasteiger partial charge in [0.25, 0.3) is 0 Å². The molecule has 24 heavy (non-hydrogen) atoms. The van der Waals surface area contributed by atoms with Gasteiger partial charge in [0.2, 0.25) is 15.9 Å². The summed E-state index contributed by atoms with van der Waals surface area (Å²) in [5.74, 6) is 0.146. The third-order valence-corrected chi connectivity index (χ3v) is 5.79. The highest BCUT2D eigenvalue weighted by atomic mass is 32.2. The van der Waals surface area contributed by atoms with Crippen molar-refractivity contribution in [2.75, 3.05) is 13.1 Å². The Morgan fingerprint density at radius 1 is 1.33 bits per heavy atom. The number of carbonyl (C=O) groups is 1. The van der Waals surface area contributed by atoms with Crippen molar-refractivity contribution < 1.29 is 13.2 Å². The van der Waals surface area contributed by atoms with Crippen LogP contribution in [0.3, 0.4) is 0 Å². The molecule has 1 N–H and O–H groups in total. The van der Waals surface area contributed by atoms with E-state index in [1.807, 2.05) is 17.9 Å². The predicted octanol–water partition coefficient (Wildman–Crippen LogP) is 2.02. The molecule has 0 spiro atoms. The molecule has 1 heterocycles. The Bertz CT molecular complexity index is 717. The van der Waals surface area contributed by atoms with Crippen LogP contribution in [0.15, 0.2) is 29.2 Å². The zero-order valence-corrected chi connectivity index (χ0v) is 14.7. The molecule has 0 saturated carbocycles. The standard InChI is InChI=1S/C17H23N3O3S/c1-2-3-8-17(21)20-11-9-15(10-12-20)19-24(22,23)16-7-5-4-6-14(16)13-18/h4-7,15,19H,2-3,8-12H2,1H3. The highest BCUT2D eigenvalue weighted by molar-refractivity contribution is 7.89. The Morgan fingerprint density at radius 2 is 2.00 bits per heavy atom. The highest BCUT2D eigenvalue weighted by Crippen LogP contribution is 2.18. The maximum atomic E-state index is 12.5. The second-order valence-electron chi connectivity index (χ2n) is 5.99. The van der Waals surface area contributed by atoms with Gasteiger partial charge in [0.05, 0.1) is 10.5 Å². The molecule has 130 valence electrons. The van der Waals surface area contributed by atoms with Crippen molar-refractivity contribution in [1.29, 1.82) is 5.26 Å². The van der Waals surface area contributed by atoms with E-state index in [-0.39, 0.29) is 22.4 Å². The number of hydrogen-bond acceptors (Lipinski definition) is 4. The number of amides is 1. The van der Waals surface area contributed by atoms with Gasteiger partial charge in [-0.05, 0) is 31.4 Å². The summed E-state index contributed by atoms with van der Waals surface area (Å²) in [6.45, 7) is 3.18. The van der Waals surface area contributed by atoms with E-state index in [4.69, 9.17) is 5.26 Å². The Morgan fingerprint density at radius 3 is 2.62 bits per heavy atom. The van der Waals surface area contributed by atoms with Gasteiger partial charge in [0.15, 0.2) is 0 Å². The van der Waals surface area contributed by atoms with Crippen LogP contribution in [0, 0.1) is 11.3 Å². The molecule has 0 aliphatic carbocycles. The first kappa shape index (κ1) is 18.4. The monoisotopic (exact) mass is 349 g/mol. The van der Waals surface area contributed by atoms with Gasteiger partial charge in [-0.3, -0.25) is 4.79 Å². The van der Waals surface area contributed by atoms with Crippen LogP contribution in [0.5, 0.6) is 0 Å². The summed E-state index contributed by atoms with van der Waals surface area (Å²) in [5.41, 5.74) is 0.136. The van der Waals surface area contributed by atoms with Crippen LogP contribution < -0.4 is 4.72 Å². The fraction of sp³-hybridized carbons (Fsp3) is 0.529. The molecule has 7 heteroatoms. The number of likely N-dealkylation sites (tertiary alicyclic amines) is 1. The predicted molar refractivity (Wildman–Crippen MR) is 90.6 cm³/mol. The summed E-state index contributed by atoms with van der Waals surface area (Å²) in [4.78, 5) is 13.8. The van der Waals surface area contributed by atoms with E-state index in [2.05, 4.69) is 4.72 Å². The number of nitrogens with zero attached hydrogens (tertiary/aromatic N) is 2. The maximum Gasteiger partial charge on any atom is 0.242 e. The normalized spacial score (nSPS) is 15.9. The van der Waals surface area contributed by atoms with Gasteiger partial charge in [-0.2, -0.15) is 5.26 Å². The Balaban J connectivity index is 1.96. The Labute approximate surface area is 143 Å². The van der Waals surface area contributed by atoms with Gasteiger partial charge in [-0.25, -0.2) is 13.1 Å². The summed E-state index contributed by atoms with van der Waals surface area (Å²) in [5, 5.41) is 9.07. The number of sulfonamides is 1. The first-order valence-electron chi connectivity index (χ1n) is 8.27. The van der Waals surface area contributed by atoms with Gasteiger partial charge in [-0.1, -0.05) is 25.5 Å². The molecule has 1 aromatic carbocycles. The van der Waals surface area contributed by atoms with E-state index in [0.717, 1.165) is 12.8 Å². The molecule has 1 aliphatic rings. The Hall–Kier alpha value is -1.91. The number of piperidine rings is 1. The lowest BCUT2D eigenvalue weighted by Crippen LogP contribution is -2.46. The van der Waals surface area contributed by atoms with Crippen LogP contribution in [-0.2, 0) is 14.8 Å². The third kappa shape index (κ3) is 4.56. The molecule has 0 unspecified atom stereocenters. The molecule has 0 radical (unpaired) electrons. The van der Waals surface area contributed by atoms with Gasteiger partial charge < -0.3 is 4.90 Å². The average molecular weight is 349 g/mol. The molecule has 1 saturated heterocycles. The van der Waals surface area contributed by atoms with Crippen molar-refractivity contribution in [1.82, 2.24) is 9.62 Å². The van der Waals surface area contributed by atoms with Crippen molar-refractivity contribution >= 4 is 15.9 Å².